The number of rotatable bonds is 3. The van der Waals surface area contributed by atoms with Crippen molar-refractivity contribution in [2.45, 2.75) is 51.3 Å². The molecule has 2 amide bonds. The molecule has 3 heterocycles. The van der Waals surface area contributed by atoms with E-state index in [2.05, 4.69) is 15.2 Å². The molecule has 0 spiro atoms. The van der Waals surface area contributed by atoms with Gasteiger partial charge in [0.15, 0.2) is 0 Å². The standard InChI is InChI=1S/C22H28N4O3/c1-22(2,3)29-21(28)26-15-9-10-16(26)13-25(12-15)14-20(27)24-19-8-4-7-18-17(19)6-5-11-23-18/h4-8,11,15-16H,9-10,12-14H2,1-3H3,(H,24,27). The third-order valence-electron chi connectivity index (χ3n) is 5.45. The SMILES string of the molecule is CC(C)(C)OC(=O)N1C2CCC1CN(CC(=O)Nc1cccc3ncccc13)C2. The van der Waals surface area contributed by atoms with E-state index in [0.717, 1.165) is 29.4 Å². The molecule has 4 rings (SSSR count). The van der Waals surface area contributed by atoms with Crippen LogP contribution >= 0.6 is 0 Å². The van der Waals surface area contributed by atoms with Gasteiger partial charge in [-0.1, -0.05) is 6.07 Å². The molecule has 0 aliphatic carbocycles. The molecule has 1 aromatic carbocycles. The third kappa shape index (κ3) is 4.34. The second kappa shape index (κ2) is 7.63. The Morgan fingerprint density at radius 1 is 1.14 bits per heavy atom. The first-order valence-corrected chi connectivity index (χ1v) is 10.2. The lowest BCUT2D eigenvalue weighted by Crippen LogP contribution is -2.57. The average molecular weight is 396 g/mol. The summed E-state index contributed by atoms with van der Waals surface area (Å²) in [6.45, 7) is 7.36. The van der Waals surface area contributed by atoms with Crippen LogP contribution in [-0.2, 0) is 9.53 Å². The zero-order valence-corrected chi connectivity index (χ0v) is 17.2. The predicted molar refractivity (Wildman–Crippen MR) is 112 cm³/mol. The number of amides is 2. The van der Waals surface area contributed by atoms with Crippen LogP contribution in [0.25, 0.3) is 10.9 Å². The van der Waals surface area contributed by atoms with Crippen LogP contribution in [0.15, 0.2) is 36.5 Å². The minimum absolute atomic E-state index is 0.0496. The quantitative estimate of drug-likeness (QED) is 0.862. The fourth-order valence-electron chi connectivity index (χ4n) is 4.34. The number of benzene rings is 1. The fraction of sp³-hybridized carbons (Fsp3) is 0.500. The summed E-state index contributed by atoms with van der Waals surface area (Å²) in [6.07, 6.45) is 3.42. The van der Waals surface area contributed by atoms with Crippen LogP contribution < -0.4 is 5.32 Å². The van der Waals surface area contributed by atoms with Gasteiger partial charge in [0.2, 0.25) is 5.91 Å². The minimum atomic E-state index is -0.499. The Balaban J connectivity index is 1.38. The van der Waals surface area contributed by atoms with Gasteiger partial charge < -0.3 is 10.1 Å². The smallest absolute Gasteiger partial charge is 0.410 e. The first kappa shape index (κ1) is 19.6. The van der Waals surface area contributed by atoms with Crippen molar-refractivity contribution in [2.24, 2.45) is 0 Å². The largest absolute Gasteiger partial charge is 0.444 e. The molecule has 2 saturated heterocycles. The zero-order chi connectivity index (χ0) is 20.6. The number of nitrogens with zero attached hydrogens (tertiary/aromatic N) is 3. The van der Waals surface area contributed by atoms with Gasteiger partial charge in [0.25, 0.3) is 0 Å². The summed E-state index contributed by atoms with van der Waals surface area (Å²) < 4.78 is 5.58. The lowest BCUT2D eigenvalue weighted by atomic mass is 10.1. The average Bonchev–Trinajstić information content (AvgIpc) is 2.92. The number of piperazine rings is 1. The number of ether oxygens (including phenoxy) is 1. The molecular formula is C22H28N4O3. The monoisotopic (exact) mass is 396 g/mol. The highest BCUT2D eigenvalue weighted by molar-refractivity contribution is 6.01. The predicted octanol–water partition coefficient (Wildman–Crippen LogP) is 3.26. The van der Waals surface area contributed by atoms with Crippen LogP contribution in [0.2, 0.25) is 0 Å². The van der Waals surface area contributed by atoms with Crippen LogP contribution in [0.1, 0.15) is 33.6 Å². The van der Waals surface area contributed by atoms with Crippen LogP contribution in [0.3, 0.4) is 0 Å². The Morgan fingerprint density at radius 3 is 2.55 bits per heavy atom. The van der Waals surface area contributed by atoms with E-state index in [1.165, 1.54) is 0 Å². The van der Waals surface area contributed by atoms with Crippen LogP contribution in [-0.4, -0.2) is 64.1 Å². The topological polar surface area (TPSA) is 74.8 Å². The summed E-state index contributed by atoms with van der Waals surface area (Å²) in [6, 6.07) is 9.76. The maximum Gasteiger partial charge on any atom is 0.410 e. The van der Waals surface area contributed by atoms with Gasteiger partial charge in [-0.3, -0.25) is 19.6 Å². The molecule has 154 valence electrons. The number of likely N-dealkylation sites (tertiary alicyclic amines) is 1. The van der Waals surface area contributed by atoms with Crippen molar-refractivity contribution >= 4 is 28.6 Å². The minimum Gasteiger partial charge on any atom is -0.444 e. The van der Waals surface area contributed by atoms with Gasteiger partial charge in [0, 0.05) is 36.8 Å². The van der Waals surface area contributed by atoms with Gasteiger partial charge in [-0.25, -0.2) is 4.79 Å². The Kier molecular flexibility index (Phi) is 5.17. The summed E-state index contributed by atoms with van der Waals surface area (Å²) in [7, 11) is 0. The molecule has 1 aromatic heterocycles. The number of pyridine rings is 1. The van der Waals surface area contributed by atoms with E-state index in [0.29, 0.717) is 19.6 Å². The lowest BCUT2D eigenvalue weighted by Gasteiger charge is -2.41. The van der Waals surface area contributed by atoms with E-state index < -0.39 is 5.60 Å². The Hall–Kier alpha value is -2.67. The van der Waals surface area contributed by atoms with Gasteiger partial charge in [0.1, 0.15) is 5.60 Å². The van der Waals surface area contributed by atoms with Crippen molar-refractivity contribution in [1.82, 2.24) is 14.8 Å². The number of hydrogen-bond acceptors (Lipinski definition) is 5. The summed E-state index contributed by atoms with van der Waals surface area (Å²) in [5, 5.41) is 3.95. The van der Waals surface area contributed by atoms with Gasteiger partial charge in [-0.05, 0) is 57.9 Å². The van der Waals surface area contributed by atoms with E-state index in [4.69, 9.17) is 4.74 Å². The molecule has 29 heavy (non-hydrogen) atoms. The summed E-state index contributed by atoms with van der Waals surface area (Å²) in [5.74, 6) is -0.0496. The number of nitrogens with one attached hydrogen (secondary N) is 1. The third-order valence-corrected chi connectivity index (χ3v) is 5.45. The first-order chi connectivity index (χ1) is 13.8. The summed E-state index contributed by atoms with van der Waals surface area (Å²) >= 11 is 0. The first-order valence-electron chi connectivity index (χ1n) is 10.2. The fourth-order valence-corrected chi connectivity index (χ4v) is 4.34. The van der Waals surface area contributed by atoms with Crippen molar-refractivity contribution < 1.29 is 14.3 Å². The number of anilines is 1. The van der Waals surface area contributed by atoms with E-state index in [9.17, 15) is 9.59 Å². The molecule has 0 saturated carbocycles. The van der Waals surface area contributed by atoms with Crippen molar-refractivity contribution in [3.8, 4) is 0 Å². The van der Waals surface area contributed by atoms with Crippen molar-refractivity contribution in [3.63, 3.8) is 0 Å². The van der Waals surface area contributed by atoms with E-state index in [-0.39, 0.29) is 24.1 Å². The van der Waals surface area contributed by atoms with E-state index in [1.54, 1.807) is 6.20 Å². The molecule has 2 aliphatic rings. The van der Waals surface area contributed by atoms with Crippen LogP contribution in [0, 0.1) is 0 Å². The molecule has 7 nitrogen and oxygen atoms in total. The number of carbonyl (C=O) groups is 2. The maximum absolute atomic E-state index is 12.7. The molecule has 7 heteroatoms. The number of hydrogen-bond donors (Lipinski definition) is 1. The Morgan fingerprint density at radius 2 is 1.86 bits per heavy atom. The highest BCUT2D eigenvalue weighted by Crippen LogP contribution is 2.31. The molecule has 2 fully saturated rings. The van der Waals surface area contributed by atoms with Crippen molar-refractivity contribution in [3.05, 3.63) is 36.5 Å². The molecular weight excluding hydrogens is 368 g/mol. The normalized spacial score (nSPS) is 22.0. The van der Waals surface area contributed by atoms with Gasteiger partial charge in [-0.2, -0.15) is 0 Å². The van der Waals surface area contributed by atoms with Gasteiger partial charge in [-0.15, -0.1) is 0 Å². The molecule has 2 bridgehead atoms. The summed E-state index contributed by atoms with van der Waals surface area (Å²) in [5.41, 5.74) is 1.13. The molecule has 2 aliphatic heterocycles. The van der Waals surface area contributed by atoms with Gasteiger partial charge in [0.05, 0.1) is 17.7 Å². The Bertz CT molecular complexity index is 904. The number of carbonyl (C=O) groups excluding carboxylic acids is 2. The summed E-state index contributed by atoms with van der Waals surface area (Å²) in [4.78, 5) is 33.6. The highest BCUT2D eigenvalue weighted by atomic mass is 16.6. The molecule has 0 radical (unpaired) electrons. The molecule has 2 aromatic rings. The van der Waals surface area contributed by atoms with Crippen LogP contribution in [0.5, 0.6) is 0 Å². The molecule has 1 N–H and O–H groups in total. The van der Waals surface area contributed by atoms with Crippen molar-refractivity contribution in [2.75, 3.05) is 25.0 Å². The maximum atomic E-state index is 12.7. The zero-order valence-electron chi connectivity index (χ0n) is 17.2. The highest BCUT2D eigenvalue weighted by Gasteiger charge is 2.44. The molecule has 2 atom stereocenters. The number of aromatic nitrogens is 1. The second-order valence-corrected chi connectivity index (χ2v) is 8.89. The molecule has 2 unspecified atom stereocenters. The van der Waals surface area contributed by atoms with E-state index in [1.807, 2.05) is 56.0 Å². The lowest BCUT2D eigenvalue weighted by molar-refractivity contribution is -0.118. The van der Waals surface area contributed by atoms with Crippen molar-refractivity contribution in [1.29, 1.82) is 0 Å². The Labute approximate surface area is 171 Å². The van der Waals surface area contributed by atoms with E-state index >= 15 is 0 Å². The number of fused-ring (bicyclic) bond motifs is 3. The second-order valence-electron chi connectivity index (χ2n) is 8.89. The van der Waals surface area contributed by atoms with Gasteiger partial charge >= 0.3 is 6.09 Å². The van der Waals surface area contributed by atoms with Crippen LogP contribution in [0.4, 0.5) is 10.5 Å².